The molecule has 1 saturated heterocycles. The van der Waals surface area contributed by atoms with Crippen LogP contribution in [-0.4, -0.2) is 45.3 Å². The van der Waals surface area contributed by atoms with Crippen LogP contribution in [0, 0.1) is 0 Å². The predicted octanol–water partition coefficient (Wildman–Crippen LogP) is 3.31. The van der Waals surface area contributed by atoms with E-state index in [-0.39, 0.29) is 17.4 Å². The Morgan fingerprint density at radius 3 is 2.92 bits per heavy atom. The van der Waals surface area contributed by atoms with Crippen molar-refractivity contribution in [2.24, 2.45) is 0 Å². The first-order valence-corrected chi connectivity index (χ1v) is 8.82. The summed E-state index contributed by atoms with van der Waals surface area (Å²) in [6.07, 6.45) is 3.84. The number of hydrogen-bond acceptors (Lipinski definition) is 5. The van der Waals surface area contributed by atoms with Gasteiger partial charge in [-0.15, -0.1) is 0 Å². The number of anilines is 1. The van der Waals surface area contributed by atoms with Gasteiger partial charge in [-0.25, -0.2) is 0 Å². The Balaban J connectivity index is 1.81. The Bertz CT molecular complexity index is 882. The van der Waals surface area contributed by atoms with Crippen LogP contribution in [0.2, 0.25) is 5.28 Å². The lowest BCUT2D eigenvalue weighted by Gasteiger charge is -2.34. The summed E-state index contributed by atoms with van der Waals surface area (Å²) in [5.41, 5.74) is 1.81. The fourth-order valence-corrected chi connectivity index (χ4v) is 3.49. The van der Waals surface area contributed by atoms with Crippen LogP contribution in [0.4, 0.5) is 5.82 Å². The molecule has 4 rings (SSSR count). The molecule has 0 aliphatic carbocycles. The van der Waals surface area contributed by atoms with Gasteiger partial charge in [0.25, 0.3) is 0 Å². The predicted molar refractivity (Wildman–Crippen MR) is 98.2 cm³/mol. The maximum Gasteiger partial charge on any atom is 0.226 e. The van der Waals surface area contributed by atoms with Crippen LogP contribution in [0.15, 0.2) is 36.7 Å². The zero-order valence-corrected chi connectivity index (χ0v) is 15.0. The van der Waals surface area contributed by atoms with E-state index in [1.807, 2.05) is 24.4 Å². The number of halogens is 1. The summed E-state index contributed by atoms with van der Waals surface area (Å²) in [4.78, 5) is 15.7. The van der Waals surface area contributed by atoms with Gasteiger partial charge < -0.3 is 14.2 Å². The number of rotatable bonds is 3. The Morgan fingerprint density at radius 2 is 2.16 bits per heavy atom. The maximum atomic E-state index is 6.26. The number of morpholine rings is 1. The summed E-state index contributed by atoms with van der Waals surface area (Å²) < 4.78 is 7.64. The van der Waals surface area contributed by atoms with Gasteiger partial charge >= 0.3 is 0 Å². The molecule has 4 heterocycles. The van der Waals surface area contributed by atoms with Crippen LogP contribution in [0.25, 0.3) is 11.0 Å². The first-order valence-electron chi connectivity index (χ1n) is 8.44. The number of fused-ring (bicyclic) bond motifs is 1. The van der Waals surface area contributed by atoms with Crippen LogP contribution in [0.3, 0.4) is 0 Å². The molecule has 0 bridgehead atoms. The number of ether oxygens (including phenoxy) is 1. The van der Waals surface area contributed by atoms with E-state index in [1.165, 1.54) is 0 Å². The van der Waals surface area contributed by atoms with Crippen molar-refractivity contribution in [2.75, 3.05) is 24.7 Å². The van der Waals surface area contributed by atoms with Crippen molar-refractivity contribution < 1.29 is 4.74 Å². The van der Waals surface area contributed by atoms with Crippen LogP contribution in [0.5, 0.6) is 0 Å². The minimum absolute atomic E-state index is 0.0552. The van der Waals surface area contributed by atoms with Crippen LogP contribution < -0.4 is 4.90 Å². The maximum absolute atomic E-state index is 6.26. The largest absolute Gasteiger partial charge is 0.377 e. The minimum atomic E-state index is 0.0552. The SMILES string of the molecule is CC(c1ccccn1)n1ccc2c(N3CCOC[C@H]3C)nc(Cl)nc21. The molecule has 25 heavy (non-hydrogen) atoms. The number of aromatic nitrogens is 4. The van der Waals surface area contributed by atoms with Gasteiger partial charge in [-0.1, -0.05) is 6.07 Å². The highest BCUT2D eigenvalue weighted by molar-refractivity contribution is 6.28. The van der Waals surface area contributed by atoms with Crippen molar-refractivity contribution in [3.63, 3.8) is 0 Å². The molecule has 1 aliphatic heterocycles. The molecule has 1 fully saturated rings. The van der Waals surface area contributed by atoms with Crippen molar-refractivity contribution in [2.45, 2.75) is 25.9 Å². The molecule has 3 aromatic rings. The summed E-state index contributed by atoms with van der Waals surface area (Å²) in [5, 5.41) is 1.26. The number of pyridine rings is 1. The van der Waals surface area contributed by atoms with E-state index in [9.17, 15) is 0 Å². The number of nitrogens with zero attached hydrogens (tertiary/aromatic N) is 5. The van der Waals surface area contributed by atoms with Crippen molar-refractivity contribution >= 4 is 28.5 Å². The first-order chi connectivity index (χ1) is 12.1. The topological polar surface area (TPSA) is 56.1 Å². The molecular formula is C18H20ClN5O. The minimum Gasteiger partial charge on any atom is -0.377 e. The fourth-order valence-electron chi connectivity index (χ4n) is 3.33. The highest BCUT2D eigenvalue weighted by Gasteiger charge is 2.25. The van der Waals surface area contributed by atoms with Crippen molar-refractivity contribution in [3.8, 4) is 0 Å². The summed E-state index contributed by atoms with van der Waals surface area (Å²) in [6, 6.07) is 8.29. The normalized spacial score (nSPS) is 19.3. The van der Waals surface area contributed by atoms with Gasteiger partial charge in [0.2, 0.25) is 5.28 Å². The van der Waals surface area contributed by atoms with E-state index < -0.39 is 0 Å². The zero-order chi connectivity index (χ0) is 17.4. The summed E-state index contributed by atoms with van der Waals surface area (Å²) in [7, 11) is 0. The molecule has 130 valence electrons. The van der Waals surface area contributed by atoms with E-state index in [1.54, 1.807) is 6.20 Å². The molecule has 7 heteroatoms. The van der Waals surface area contributed by atoms with Gasteiger partial charge in [0.1, 0.15) is 11.5 Å². The highest BCUT2D eigenvalue weighted by atomic mass is 35.5. The van der Waals surface area contributed by atoms with Crippen LogP contribution >= 0.6 is 11.6 Å². The summed E-state index contributed by atoms with van der Waals surface area (Å²) >= 11 is 6.26. The standard InChI is InChI=1S/C18H20ClN5O/c1-12-11-25-10-9-23(12)16-14-6-8-24(17(14)22-18(19)21-16)13(2)15-5-3-4-7-20-15/h3-8,12-13H,9-11H2,1-2H3/t12-,13?/m1/s1. The van der Waals surface area contributed by atoms with Gasteiger partial charge in [0, 0.05) is 18.9 Å². The third-order valence-corrected chi connectivity index (χ3v) is 4.87. The Morgan fingerprint density at radius 1 is 1.28 bits per heavy atom. The summed E-state index contributed by atoms with van der Waals surface area (Å²) in [5.74, 6) is 0.873. The average Bonchev–Trinajstić information content (AvgIpc) is 3.05. The molecule has 1 aliphatic rings. The van der Waals surface area contributed by atoms with Gasteiger partial charge in [-0.3, -0.25) is 4.98 Å². The van der Waals surface area contributed by atoms with Gasteiger partial charge in [0.15, 0.2) is 0 Å². The Kier molecular flexibility index (Phi) is 4.31. The molecule has 0 amide bonds. The lowest BCUT2D eigenvalue weighted by atomic mass is 10.2. The molecule has 0 spiro atoms. The van der Waals surface area contributed by atoms with E-state index in [4.69, 9.17) is 16.3 Å². The lowest BCUT2D eigenvalue weighted by Crippen LogP contribution is -2.44. The van der Waals surface area contributed by atoms with E-state index in [0.29, 0.717) is 13.2 Å². The summed E-state index contributed by atoms with van der Waals surface area (Å²) in [6.45, 7) is 6.42. The van der Waals surface area contributed by atoms with Gasteiger partial charge in [0.05, 0.1) is 36.4 Å². The second kappa shape index (κ2) is 6.61. The zero-order valence-electron chi connectivity index (χ0n) is 14.3. The monoisotopic (exact) mass is 357 g/mol. The molecule has 2 atom stereocenters. The van der Waals surface area contributed by atoms with Gasteiger partial charge in [-0.05, 0) is 43.6 Å². The first kappa shape index (κ1) is 16.3. The van der Waals surface area contributed by atoms with Crippen molar-refractivity contribution in [1.82, 2.24) is 19.5 Å². The average molecular weight is 358 g/mol. The molecule has 0 N–H and O–H groups in total. The third kappa shape index (κ3) is 2.96. The van der Waals surface area contributed by atoms with Crippen LogP contribution in [-0.2, 0) is 4.74 Å². The van der Waals surface area contributed by atoms with E-state index >= 15 is 0 Å². The smallest absolute Gasteiger partial charge is 0.226 e. The van der Waals surface area contributed by atoms with Crippen molar-refractivity contribution in [3.05, 3.63) is 47.6 Å². The second-order valence-corrected chi connectivity index (χ2v) is 6.66. The lowest BCUT2D eigenvalue weighted by molar-refractivity contribution is 0.0987. The molecule has 6 nitrogen and oxygen atoms in total. The number of hydrogen-bond donors (Lipinski definition) is 0. The second-order valence-electron chi connectivity index (χ2n) is 6.32. The molecule has 3 aromatic heterocycles. The Labute approximate surface area is 151 Å². The molecule has 0 radical (unpaired) electrons. The molecule has 0 aromatic carbocycles. The van der Waals surface area contributed by atoms with Crippen molar-refractivity contribution in [1.29, 1.82) is 0 Å². The van der Waals surface area contributed by atoms with Gasteiger partial charge in [-0.2, -0.15) is 9.97 Å². The van der Waals surface area contributed by atoms with E-state index in [0.717, 1.165) is 29.1 Å². The Hall–Kier alpha value is -2.18. The molecular weight excluding hydrogens is 338 g/mol. The van der Waals surface area contributed by atoms with E-state index in [2.05, 4.69) is 44.3 Å². The third-order valence-electron chi connectivity index (χ3n) is 4.70. The molecule has 1 unspecified atom stereocenters. The quantitative estimate of drug-likeness (QED) is 0.673. The highest BCUT2D eigenvalue weighted by Crippen LogP contribution is 2.31. The van der Waals surface area contributed by atoms with Crippen LogP contribution in [0.1, 0.15) is 25.6 Å². The molecule has 0 saturated carbocycles. The fraction of sp³-hybridized carbons (Fsp3) is 0.389.